The molecule has 1 N–H and O–H groups in total. The molecule has 2 unspecified atom stereocenters. The van der Waals surface area contributed by atoms with E-state index in [1.807, 2.05) is 35.2 Å². The third-order valence-electron chi connectivity index (χ3n) is 5.13. The molecule has 0 bridgehead atoms. The standard InChI is InChI=1S/C21H23BrClNO4/c1-27-18-8-6-13(22)11-15(18)20(16-12-14(23)7-9-19(16)28-2)24-10-4-3-5-17(24)21(25)26/h6-9,11-12,17,20H,3-5,10H2,1-2H3,(H,25,26). The predicted molar refractivity (Wildman–Crippen MR) is 113 cm³/mol. The molecule has 2 aromatic rings. The van der Waals surface area contributed by atoms with E-state index in [9.17, 15) is 9.90 Å². The Hall–Kier alpha value is -1.76. The molecule has 1 saturated heterocycles. The fraction of sp³-hybridized carbons (Fsp3) is 0.381. The molecule has 0 saturated carbocycles. The van der Waals surface area contributed by atoms with E-state index in [2.05, 4.69) is 15.9 Å². The highest BCUT2D eigenvalue weighted by Gasteiger charge is 2.37. The van der Waals surface area contributed by atoms with Gasteiger partial charge in [-0.05, 0) is 55.8 Å². The fourth-order valence-corrected chi connectivity index (χ4v) is 4.45. The lowest BCUT2D eigenvalue weighted by Gasteiger charge is -2.40. The summed E-state index contributed by atoms with van der Waals surface area (Å²) in [6.45, 7) is 0.660. The zero-order chi connectivity index (χ0) is 20.3. The summed E-state index contributed by atoms with van der Waals surface area (Å²) in [5.41, 5.74) is 1.69. The van der Waals surface area contributed by atoms with E-state index >= 15 is 0 Å². The zero-order valence-corrected chi connectivity index (χ0v) is 18.2. The largest absolute Gasteiger partial charge is 0.496 e. The predicted octanol–water partition coefficient (Wildman–Crippen LogP) is 5.15. The SMILES string of the molecule is COc1ccc(Cl)cc1C(c1cc(Br)ccc1OC)N1CCCCC1C(=O)O. The second kappa shape index (κ2) is 9.16. The molecule has 1 aliphatic rings. The van der Waals surface area contributed by atoms with Crippen molar-refractivity contribution in [2.24, 2.45) is 0 Å². The van der Waals surface area contributed by atoms with Crippen molar-refractivity contribution in [1.29, 1.82) is 0 Å². The average Bonchev–Trinajstić information content (AvgIpc) is 2.69. The van der Waals surface area contributed by atoms with Crippen molar-refractivity contribution in [3.05, 3.63) is 57.0 Å². The second-order valence-electron chi connectivity index (χ2n) is 6.76. The molecule has 2 atom stereocenters. The van der Waals surface area contributed by atoms with Crippen LogP contribution in [0.3, 0.4) is 0 Å². The molecule has 0 radical (unpaired) electrons. The number of aliphatic carboxylic acids is 1. The van der Waals surface area contributed by atoms with Crippen LogP contribution in [-0.2, 0) is 4.79 Å². The summed E-state index contributed by atoms with van der Waals surface area (Å²) in [6.07, 6.45) is 2.42. The van der Waals surface area contributed by atoms with E-state index < -0.39 is 12.0 Å². The number of piperidine rings is 1. The third kappa shape index (κ3) is 4.29. The van der Waals surface area contributed by atoms with E-state index in [1.54, 1.807) is 20.3 Å². The molecular formula is C21H23BrClNO4. The van der Waals surface area contributed by atoms with Gasteiger partial charge in [0.05, 0.1) is 20.3 Å². The molecule has 0 spiro atoms. The number of hydrogen-bond acceptors (Lipinski definition) is 4. The highest BCUT2D eigenvalue weighted by atomic mass is 79.9. The van der Waals surface area contributed by atoms with Gasteiger partial charge in [0, 0.05) is 20.6 Å². The first-order chi connectivity index (χ1) is 13.5. The van der Waals surface area contributed by atoms with Crippen LogP contribution in [0.4, 0.5) is 0 Å². The summed E-state index contributed by atoms with van der Waals surface area (Å²) in [4.78, 5) is 14.1. The summed E-state index contributed by atoms with van der Waals surface area (Å²) >= 11 is 9.85. The molecule has 0 aromatic heterocycles. The highest BCUT2D eigenvalue weighted by Crippen LogP contribution is 2.43. The number of carboxylic acids is 1. The van der Waals surface area contributed by atoms with Crippen molar-refractivity contribution in [1.82, 2.24) is 4.90 Å². The van der Waals surface area contributed by atoms with Crippen LogP contribution in [-0.4, -0.2) is 42.8 Å². The Labute approximate surface area is 178 Å². The minimum absolute atomic E-state index is 0.373. The number of hydrogen-bond donors (Lipinski definition) is 1. The van der Waals surface area contributed by atoms with Crippen molar-refractivity contribution in [3.63, 3.8) is 0 Å². The minimum Gasteiger partial charge on any atom is -0.496 e. The van der Waals surface area contributed by atoms with Crippen molar-refractivity contribution >= 4 is 33.5 Å². The molecule has 150 valence electrons. The molecule has 1 fully saturated rings. The van der Waals surface area contributed by atoms with Gasteiger partial charge in [0.25, 0.3) is 0 Å². The van der Waals surface area contributed by atoms with Crippen LogP contribution in [0.15, 0.2) is 40.9 Å². The molecule has 28 heavy (non-hydrogen) atoms. The van der Waals surface area contributed by atoms with Crippen LogP contribution in [0.2, 0.25) is 5.02 Å². The third-order valence-corrected chi connectivity index (χ3v) is 5.86. The first kappa shape index (κ1) is 21.0. The van der Waals surface area contributed by atoms with Gasteiger partial charge in [-0.25, -0.2) is 0 Å². The Kier molecular flexibility index (Phi) is 6.86. The normalized spacial score (nSPS) is 18.5. The molecule has 2 aromatic carbocycles. The number of halogens is 2. The van der Waals surface area contributed by atoms with Crippen molar-refractivity contribution in [2.75, 3.05) is 20.8 Å². The van der Waals surface area contributed by atoms with Crippen LogP contribution >= 0.6 is 27.5 Å². The monoisotopic (exact) mass is 467 g/mol. The maximum Gasteiger partial charge on any atom is 0.320 e. The molecule has 0 amide bonds. The van der Waals surface area contributed by atoms with Crippen LogP contribution in [0, 0.1) is 0 Å². The lowest BCUT2D eigenvalue weighted by molar-refractivity contribution is -0.145. The van der Waals surface area contributed by atoms with Crippen LogP contribution < -0.4 is 9.47 Å². The molecular weight excluding hydrogens is 446 g/mol. The van der Waals surface area contributed by atoms with Crippen molar-refractivity contribution in [3.8, 4) is 11.5 Å². The fourth-order valence-electron chi connectivity index (χ4n) is 3.89. The summed E-state index contributed by atoms with van der Waals surface area (Å²) in [5.74, 6) is 0.524. The Morgan fingerprint density at radius 2 is 1.79 bits per heavy atom. The number of methoxy groups -OCH3 is 2. The van der Waals surface area contributed by atoms with E-state index in [4.69, 9.17) is 21.1 Å². The summed E-state index contributed by atoms with van der Waals surface area (Å²) < 4.78 is 12.1. The van der Waals surface area contributed by atoms with Gasteiger partial charge in [-0.15, -0.1) is 0 Å². The maximum absolute atomic E-state index is 12.0. The topological polar surface area (TPSA) is 59.0 Å². The van der Waals surface area contributed by atoms with Gasteiger partial charge in [-0.1, -0.05) is 34.0 Å². The van der Waals surface area contributed by atoms with E-state index in [-0.39, 0.29) is 6.04 Å². The maximum atomic E-state index is 12.0. The Balaban J connectivity index is 2.24. The number of benzene rings is 2. The van der Waals surface area contributed by atoms with Gasteiger partial charge in [0.2, 0.25) is 0 Å². The summed E-state index contributed by atoms with van der Waals surface area (Å²) in [5, 5.41) is 10.4. The van der Waals surface area contributed by atoms with Crippen LogP contribution in [0.25, 0.3) is 0 Å². The number of nitrogens with zero attached hydrogens (tertiary/aromatic N) is 1. The number of rotatable bonds is 6. The number of carboxylic acid groups (broad SMARTS) is 1. The van der Waals surface area contributed by atoms with Gasteiger partial charge in [0.15, 0.2) is 0 Å². The van der Waals surface area contributed by atoms with Gasteiger partial charge in [-0.3, -0.25) is 9.69 Å². The number of ether oxygens (including phenoxy) is 2. The summed E-state index contributed by atoms with van der Waals surface area (Å²) in [6, 6.07) is 10.2. The van der Waals surface area contributed by atoms with E-state index in [0.717, 1.165) is 28.4 Å². The van der Waals surface area contributed by atoms with Crippen molar-refractivity contribution in [2.45, 2.75) is 31.3 Å². The average molecular weight is 469 g/mol. The van der Waals surface area contributed by atoms with Gasteiger partial charge in [0.1, 0.15) is 17.5 Å². The van der Waals surface area contributed by atoms with E-state index in [0.29, 0.717) is 29.5 Å². The molecule has 3 rings (SSSR count). The minimum atomic E-state index is -0.820. The van der Waals surface area contributed by atoms with Gasteiger partial charge < -0.3 is 14.6 Å². The first-order valence-electron chi connectivity index (χ1n) is 9.11. The van der Waals surface area contributed by atoms with Crippen LogP contribution in [0.5, 0.6) is 11.5 Å². The molecule has 1 aliphatic heterocycles. The van der Waals surface area contributed by atoms with Gasteiger partial charge >= 0.3 is 5.97 Å². The summed E-state index contributed by atoms with van der Waals surface area (Å²) in [7, 11) is 3.22. The number of carbonyl (C=O) groups is 1. The van der Waals surface area contributed by atoms with Crippen LogP contribution in [0.1, 0.15) is 36.4 Å². The van der Waals surface area contributed by atoms with E-state index in [1.165, 1.54) is 0 Å². The Morgan fingerprint density at radius 3 is 2.43 bits per heavy atom. The molecule has 0 aliphatic carbocycles. The molecule has 5 nitrogen and oxygen atoms in total. The Bertz CT molecular complexity index is 807. The zero-order valence-electron chi connectivity index (χ0n) is 15.8. The van der Waals surface area contributed by atoms with Crippen molar-refractivity contribution < 1.29 is 19.4 Å². The first-order valence-corrected chi connectivity index (χ1v) is 10.3. The van der Waals surface area contributed by atoms with Gasteiger partial charge in [-0.2, -0.15) is 0 Å². The Morgan fingerprint density at radius 1 is 1.14 bits per heavy atom. The molecule has 7 heteroatoms. The smallest absolute Gasteiger partial charge is 0.320 e. The lowest BCUT2D eigenvalue weighted by atomic mass is 9.90. The second-order valence-corrected chi connectivity index (χ2v) is 8.11. The number of likely N-dealkylation sites (tertiary alicyclic amines) is 1. The highest BCUT2D eigenvalue weighted by molar-refractivity contribution is 9.10. The lowest BCUT2D eigenvalue weighted by Crippen LogP contribution is -2.47. The quantitative estimate of drug-likeness (QED) is 0.635. The molecule has 1 heterocycles.